The second kappa shape index (κ2) is 6.07. The fraction of sp³-hybridized carbons (Fsp3) is 0.222. The first-order chi connectivity index (χ1) is 13.1. The summed E-state index contributed by atoms with van der Waals surface area (Å²) in [7, 11) is -3.55. The molecular formula is C18H17N5O3S. The van der Waals surface area contributed by atoms with Gasteiger partial charge in [0.15, 0.2) is 0 Å². The molecular weight excluding hydrogens is 366 g/mol. The van der Waals surface area contributed by atoms with Crippen LogP contribution in [0.2, 0.25) is 0 Å². The number of benzene rings is 2. The molecule has 5 rings (SSSR count). The van der Waals surface area contributed by atoms with Crippen LogP contribution in [0.25, 0.3) is 5.69 Å². The van der Waals surface area contributed by atoms with Crippen molar-refractivity contribution in [3.63, 3.8) is 0 Å². The van der Waals surface area contributed by atoms with Crippen molar-refractivity contribution in [2.24, 2.45) is 0 Å². The Morgan fingerprint density at radius 3 is 2.89 bits per heavy atom. The van der Waals surface area contributed by atoms with Crippen LogP contribution < -0.4 is 14.4 Å². The number of nitrogens with zero attached hydrogens (tertiary/aromatic N) is 4. The van der Waals surface area contributed by atoms with Gasteiger partial charge in [-0.25, -0.2) is 18.1 Å². The summed E-state index contributed by atoms with van der Waals surface area (Å²) in [5.74, 6) is 1.05. The normalized spacial score (nSPS) is 20.1. The zero-order valence-corrected chi connectivity index (χ0v) is 15.1. The van der Waals surface area contributed by atoms with Crippen LogP contribution >= 0.6 is 0 Å². The molecule has 0 amide bonds. The van der Waals surface area contributed by atoms with Crippen LogP contribution in [-0.4, -0.2) is 35.9 Å². The van der Waals surface area contributed by atoms with Crippen molar-refractivity contribution in [2.75, 3.05) is 11.4 Å². The SMILES string of the molecule is O=S1(=O)NC2CCCN2c2ccc(Oc3cccc(-n4cncn4)c3)cc21. The molecule has 0 bridgehead atoms. The van der Waals surface area contributed by atoms with E-state index in [1.165, 1.54) is 6.33 Å². The lowest BCUT2D eigenvalue weighted by Gasteiger charge is -2.33. The molecule has 1 N–H and O–H groups in total. The molecule has 1 unspecified atom stereocenters. The van der Waals surface area contributed by atoms with E-state index in [1.807, 2.05) is 30.3 Å². The predicted molar refractivity (Wildman–Crippen MR) is 98.6 cm³/mol. The van der Waals surface area contributed by atoms with Crippen LogP contribution in [0.3, 0.4) is 0 Å². The van der Waals surface area contributed by atoms with Crippen molar-refractivity contribution in [1.29, 1.82) is 0 Å². The van der Waals surface area contributed by atoms with Gasteiger partial charge in [0.05, 0.1) is 17.5 Å². The Labute approximate surface area is 156 Å². The third kappa shape index (κ3) is 2.84. The molecule has 1 fully saturated rings. The third-order valence-corrected chi connectivity index (χ3v) is 6.30. The number of nitrogens with one attached hydrogen (secondary N) is 1. The Morgan fingerprint density at radius 2 is 2.04 bits per heavy atom. The summed E-state index contributed by atoms with van der Waals surface area (Å²) in [6, 6.07) is 12.6. The molecule has 0 spiro atoms. The highest BCUT2D eigenvalue weighted by molar-refractivity contribution is 7.89. The van der Waals surface area contributed by atoms with E-state index < -0.39 is 10.0 Å². The van der Waals surface area contributed by atoms with Gasteiger partial charge in [-0.1, -0.05) is 6.07 Å². The van der Waals surface area contributed by atoms with Crippen LogP contribution in [0.5, 0.6) is 11.5 Å². The number of rotatable bonds is 3. The molecule has 2 aliphatic heterocycles. The molecule has 27 heavy (non-hydrogen) atoms. The summed E-state index contributed by atoms with van der Waals surface area (Å²) in [6.45, 7) is 0.848. The van der Waals surface area contributed by atoms with Crippen molar-refractivity contribution in [2.45, 2.75) is 23.9 Å². The van der Waals surface area contributed by atoms with E-state index in [-0.39, 0.29) is 11.1 Å². The van der Waals surface area contributed by atoms with Crippen molar-refractivity contribution in [1.82, 2.24) is 19.5 Å². The van der Waals surface area contributed by atoms with Gasteiger partial charge in [0, 0.05) is 18.7 Å². The van der Waals surface area contributed by atoms with E-state index in [1.54, 1.807) is 23.1 Å². The zero-order chi connectivity index (χ0) is 18.4. The molecule has 2 aliphatic rings. The number of hydrogen-bond donors (Lipinski definition) is 1. The Morgan fingerprint density at radius 1 is 1.15 bits per heavy atom. The Kier molecular flexibility index (Phi) is 3.66. The second-order valence-electron chi connectivity index (χ2n) is 6.54. The first-order valence-corrected chi connectivity index (χ1v) is 10.1. The highest BCUT2D eigenvalue weighted by atomic mass is 32.2. The zero-order valence-electron chi connectivity index (χ0n) is 14.3. The number of fused-ring (bicyclic) bond motifs is 3. The Bertz CT molecular complexity index is 1100. The summed E-state index contributed by atoms with van der Waals surface area (Å²) in [6.07, 6.45) is 4.71. The van der Waals surface area contributed by atoms with Gasteiger partial charge in [0.25, 0.3) is 0 Å². The standard InChI is InChI=1S/C18H17N5O3S/c24-27(25)17-10-15(6-7-16(17)22-8-2-5-18(22)21-27)26-14-4-1-3-13(9-14)23-12-19-11-20-23/h1,3-4,6-7,9-12,18,21H,2,5,8H2. The minimum absolute atomic E-state index is 0.145. The van der Waals surface area contributed by atoms with Crippen LogP contribution in [0.15, 0.2) is 60.0 Å². The summed E-state index contributed by atoms with van der Waals surface area (Å²) in [5, 5.41) is 4.10. The Balaban J connectivity index is 1.48. The minimum Gasteiger partial charge on any atom is -0.457 e. The number of ether oxygens (including phenoxy) is 1. The summed E-state index contributed by atoms with van der Waals surface area (Å²) >= 11 is 0. The summed E-state index contributed by atoms with van der Waals surface area (Å²) in [5.41, 5.74) is 1.54. The van der Waals surface area contributed by atoms with Crippen LogP contribution in [0, 0.1) is 0 Å². The topological polar surface area (TPSA) is 89.4 Å². The fourth-order valence-corrected chi connectivity index (χ4v) is 5.06. The maximum absolute atomic E-state index is 12.6. The van der Waals surface area contributed by atoms with Gasteiger partial charge in [0.1, 0.15) is 29.0 Å². The summed E-state index contributed by atoms with van der Waals surface area (Å²) in [4.78, 5) is 6.29. The molecule has 138 valence electrons. The van der Waals surface area contributed by atoms with Crippen molar-refractivity contribution < 1.29 is 13.2 Å². The molecule has 9 heteroatoms. The van der Waals surface area contributed by atoms with E-state index >= 15 is 0 Å². The lowest BCUT2D eigenvalue weighted by molar-refractivity contribution is 0.478. The molecule has 3 aromatic rings. The van der Waals surface area contributed by atoms with Crippen LogP contribution in [0.4, 0.5) is 5.69 Å². The van der Waals surface area contributed by atoms with Gasteiger partial charge >= 0.3 is 0 Å². The summed E-state index contributed by atoms with van der Waals surface area (Å²) < 4.78 is 35.5. The van der Waals surface area contributed by atoms with Gasteiger partial charge < -0.3 is 9.64 Å². The molecule has 8 nitrogen and oxygen atoms in total. The highest BCUT2D eigenvalue weighted by Gasteiger charge is 2.37. The number of hydrogen-bond acceptors (Lipinski definition) is 6. The molecule has 1 aromatic heterocycles. The highest BCUT2D eigenvalue weighted by Crippen LogP contribution is 2.38. The van der Waals surface area contributed by atoms with Crippen molar-refractivity contribution in [3.8, 4) is 17.2 Å². The van der Waals surface area contributed by atoms with E-state index in [4.69, 9.17) is 4.74 Å². The quantitative estimate of drug-likeness (QED) is 0.746. The van der Waals surface area contributed by atoms with E-state index in [0.717, 1.165) is 30.8 Å². The lowest BCUT2D eigenvalue weighted by atomic mass is 10.2. The smallest absolute Gasteiger partial charge is 0.244 e. The van der Waals surface area contributed by atoms with Gasteiger partial charge in [-0.3, -0.25) is 0 Å². The van der Waals surface area contributed by atoms with Crippen molar-refractivity contribution in [3.05, 3.63) is 55.1 Å². The average molecular weight is 383 g/mol. The Hall–Kier alpha value is -2.91. The maximum Gasteiger partial charge on any atom is 0.244 e. The number of anilines is 1. The number of aromatic nitrogens is 3. The molecule has 0 aliphatic carbocycles. The average Bonchev–Trinajstić information content (AvgIpc) is 3.33. The number of sulfonamides is 1. The molecule has 2 aromatic carbocycles. The van der Waals surface area contributed by atoms with E-state index in [0.29, 0.717) is 11.5 Å². The first kappa shape index (κ1) is 16.3. The second-order valence-corrected chi connectivity index (χ2v) is 8.22. The van der Waals surface area contributed by atoms with Gasteiger partial charge in [0.2, 0.25) is 10.0 Å². The van der Waals surface area contributed by atoms with E-state index in [9.17, 15) is 8.42 Å². The van der Waals surface area contributed by atoms with Crippen LogP contribution in [0.1, 0.15) is 12.8 Å². The maximum atomic E-state index is 12.6. The lowest BCUT2D eigenvalue weighted by Crippen LogP contribution is -2.48. The van der Waals surface area contributed by atoms with Gasteiger partial charge in [-0.05, 0) is 37.1 Å². The predicted octanol–water partition coefficient (Wildman–Crippen LogP) is 2.28. The fourth-order valence-electron chi connectivity index (χ4n) is 3.60. The minimum atomic E-state index is -3.55. The third-order valence-electron chi connectivity index (χ3n) is 4.81. The first-order valence-electron chi connectivity index (χ1n) is 8.66. The largest absolute Gasteiger partial charge is 0.457 e. The molecule has 3 heterocycles. The molecule has 0 radical (unpaired) electrons. The molecule has 1 atom stereocenters. The van der Waals surface area contributed by atoms with Gasteiger partial charge in [-0.15, -0.1) is 0 Å². The van der Waals surface area contributed by atoms with Gasteiger partial charge in [-0.2, -0.15) is 9.82 Å². The molecule has 1 saturated heterocycles. The van der Waals surface area contributed by atoms with E-state index in [2.05, 4.69) is 19.7 Å². The van der Waals surface area contributed by atoms with Crippen LogP contribution in [-0.2, 0) is 10.0 Å². The van der Waals surface area contributed by atoms with Crippen molar-refractivity contribution >= 4 is 15.7 Å². The molecule has 0 saturated carbocycles. The monoisotopic (exact) mass is 383 g/mol.